The highest BCUT2D eigenvalue weighted by Gasteiger charge is 2.15. The van der Waals surface area contributed by atoms with Crippen LogP contribution in [0.4, 0.5) is 14.6 Å². The van der Waals surface area contributed by atoms with Gasteiger partial charge >= 0.3 is 0 Å². The van der Waals surface area contributed by atoms with E-state index in [2.05, 4.69) is 9.88 Å². The standard InChI is InChI=1S/C20H25F2N3O/c1-14-9-16(24-19(23)10-14)13-26-18-12-15(11-17(21)20(18)22)5-8-25-6-3-2-4-7-25/h9-12H,2-8,13H2,1H3,(H2,23,24). The molecule has 0 atom stereocenters. The fourth-order valence-corrected chi connectivity index (χ4v) is 3.33. The van der Waals surface area contributed by atoms with Gasteiger partial charge < -0.3 is 15.4 Å². The average molecular weight is 361 g/mol. The lowest BCUT2D eigenvalue weighted by Crippen LogP contribution is -2.31. The van der Waals surface area contributed by atoms with E-state index < -0.39 is 11.6 Å². The zero-order valence-corrected chi connectivity index (χ0v) is 15.1. The van der Waals surface area contributed by atoms with Gasteiger partial charge in [-0.15, -0.1) is 0 Å². The fraction of sp³-hybridized carbons (Fsp3) is 0.450. The molecular weight excluding hydrogens is 336 g/mol. The van der Waals surface area contributed by atoms with Crippen LogP contribution < -0.4 is 10.5 Å². The summed E-state index contributed by atoms with van der Waals surface area (Å²) in [7, 11) is 0. The van der Waals surface area contributed by atoms with Gasteiger partial charge in [0.15, 0.2) is 11.6 Å². The molecule has 0 aliphatic carbocycles. The van der Waals surface area contributed by atoms with Crippen LogP contribution in [0.5, 0.6) is 5.75 Å². The number of aryl methyl sites for hydroxylation is 1. The van der Waals surface area contributed by atoms with Crippen molar-refractivity contribution in [1.29, 1.82) is 0 Å². The molecule has 0 spiro atoms. The molecule has 1 saturated heterocycles. The van der Waals surface area contributed by atoms with Gasteiger partial charge in [-0.05, 0) is 74.7 Å². The molecule has 3 rings (SSSR count). The number of nitrogen functional groups attached to an aromatic ring is 1. The predicted molar refractivity (Wildman–Crippen MR) is 98.1 cm³/mol. The minimum Gasteiger partial charge on any atom is -0.484 e. The van der Waals surface area contributed by atoms with Crippen LogP contribution in [-0.4, -0.2) is 29.5 Å². The molecular formula is C20H25F2N3O. The molecule has 0 unspecified atom stereocenters. The molecule has 0 saturated carbocycles. The molecule has 1 aliphatic heterocycles. The van der Waals surface area contributed by atoms with Crippen molar-refractivity contribution in [2.24, 2.45) is 0 Å². The molecule has 2 aromatic rings. The highest BCUT2D eigenvalue weighted by atomic mass is 19.2. The lowest BCUT2D eigenvalue weighted by molar-refractivity contribution is 0.231. The quantitative estimate of drug-likeness (QED) is 0.849. The molecule has 6 heteroatoms. The first-order valence-corrected chi connectivity index (χ1v) is 9.07. The zero-order valence-electron chi connectivity index (χ0n) is 15.1. The van der Waals surface area contributed by atoms with Crippen molar-refractivity contribution in [3.63, 3.8) is 0 Å². The maximum atomic E-state index is 14.1. The number of hydrogen-bond acceptors (Lipinski definition) is 4. The molecule has 1 aromatic heterocycles. The van der Waals surface area contributed by atoms with Crippen LogP contribution in [0.3, 0.4) is 0 Å². The number of likely N-dealkylation sites (tertiary alicyclic amines) is 1. The Hall–Kier alpha value is -2.21. The number of rotatable bonds is 6. The molecule has 0 amide bonds. The van der Waals surface area contributed by atoms with E-state index in [0.29, 0.717) is 17.9 Å². The van der Waals surface area contributed by atoms with E-state index in [4.69, 9.17) is 10.5 Å². The van der Waals surface area contributed by atoms with E-state index >= 15 is 0 Å². The molecule has 140 valence electrons. The second-order valence-corrected chi connectivity index (χ2v) is 6.89. The van der Waals surface area contributed by atoms with Gasteiger partial charge in [0.2, 0.25) is 5.82 Å². The van der Waals surface area contributed by atoms with Crippen LogP contribution in [0.25, 0.3) is 0 Å². The summed E-state index contributed by atoms with van der Waals surface area (Å²) in [6.07, 6.45) is 4.36. The number of pyridine rings is 1. The van der Waals surface area contributed by atoms with E-state index in [1.165, 1.54) is 25.3 Å². The van der Waals surface area contributed by atoms with Crippen molar-refractivity contribution >= 4 is 5.82 Å². The highest BCUT2D eigenvalue weighted by Crippen LogP contribution is 2.24. The zero-order chi connectivity index (χ0) is 18.5. The SMILES string of the molecule is Cc1cc(N)nc(COc2cc(CCN3CCCCC3)cc(F)c2F)c1. The maximum absolute atomic E-state index is 14.1. The van der Waals surface area contributed by atoms with Gasteiger partial charge in [-0.3, -0.25) is 0 Å². The van der Waals surface area contributed by atoms with Crippen molar-refractivity contribution in [3.05, 3.63) is 52.7 Å². The Labute approximate surface area is 153 Å². The van der Waals surface area contributed by atoms with Crippen LogP contribution in [0.1, 0.15) is 36.1 Å². The van der Waals surface area contributed by atoms with Gasteiger partial charge in [-0.2, -0.15) is 4.39 Å². The topological polar surface area (TPSA) is 51.4 Å². The largest absolute Gasteiger partial charge is 0.484 e. The third-order valence-electron chi connectivity index (χ3n) is 4.64. The van der Waals surface area contributed by atoms with Crippen molar-refractivity contribution < 1.29 is 13.5 Å². The van der Waals surface area contributed by atoms with E-state index in [-0.39, 0.29) is 12.4 Å². The Morgan fingerprint density at radius 2 is 1.88 bits per heavy atom. The highest BCUT2D eigenvalue weighted by molar-refractivity contribution is 5.35. The smallest absolute Gasteiger partial charge is 0.200 e. The molecule has 1 aromatic carbocycles. The Morgan fingerprint density at radius 3 is 2.62 bits per heavy atom. The molecule has 26 heavy (non-hydrogen) atoms. The summed E-state index contributed by atoms with van der Waals surface area (Å²) in [6, 6.07) is 6.40. The lowest BCUT2D eigenvalue weighted by atomic mass is 10.1. The second-order valence-electron chi connectivity index (χ2n) is 6.89. The molecule has 4 nitrogen and oxygen atoms in total. The van der Waals surface area contributed by atoms with Crippen molar-refractivity contribution in [2.75, 3.05) is 25.4 Å². The molecule has 0 radical (unpaired) electrons. The number of hydrogen-bond donors (Lipinski definition) is 1. The second kappa shape index (κ2) is 8.45. The van der Waals surface area contributed by atoms with Gasteiger partial charge in [-0.25, -0.2) is 9.37 Å². The summed E-state index contributed by atoms with van der Waals surface area (Å²) in [5.74, 6) is -1.55. The Balaban J connectivity index is 1.66. The summed E-state index contributed by atoms with van der Waals surface area (Å²) in [5.41, 5.74) is 7.98. The number of aromatic nitrogens is 1. The average Bonchev–Trinajstić information content (AvgIpc) is 2.61. The number of ether oxygens (including phenoxy) is 1. The minimum atomic E-state index is -0.965. The number of nitrogens with two attached hydrogens (primary N) is 1. The third kappa shape index (κ3) is 4.91. The van der Waals surface area contributed by atoms with E-state index in [9.17, 15) is 8.78 Å². The minimum absolute atomic E-state index is 0.0395. The number of nitrogens with zero attached hydrogens (tertiary/aromatic N) is 2. The number of benzene rings is 1. The summed E-state index contributed by atoms with van der Waals surface area (Å²) in [6.45, 7) is 4.93. The Bertz CT molecular complexity index is 741. The maximum Gasteiger partial charge on any atom is 0.200 e. The van der Waals surface area contributed by atoms with Crippen molar-refractivity contribution in [1.82, 2.24) is 9.88 Å². The van der Waals surface area contributed by atoms with Gasteiger partial charge in [0, 0.05) is 6.54 Å². The summed E-state index contributed by atoms with van der Waals surface area (Å²) in [4.78, 5) is 6.52. The Morgan fingerprint density at radius 1 is 1.12 bits per heavy atom. The predicted octanol–water partition coefficient (Wildman–Crippen LogP) is 3.86. The van der Waals surface area contributed by atoms with Gasteiger partial charge in [0.25, 0.3) is 0 Å². The summed E-state index contributed by atoms with van der Waals surface area (Å²) in [5, 5.41) is 0. The molecule has 1 fully saturated rings. The van der Waals surface area contributed by atoms with Gasteiger partial charge in [0.05, 0.1) is 5.69 Å². The molecule has 2 N–H and O–H groups in total. The Kier molecular flexibility index (Phi) is 6.04. The molecule has 2 heterocycles. The van der Waals surface area contributed by atoms with E-state index in [0.717, 1.165) is 30.8 Å². The van der Waals surface area contributed by atoms with Crippen molar-refractivity contribution in [2.45, 2.75) is 39.2 Å². The summed E-state index contributed by atoms with van der Waals surface area (Å²) < 4.78 is 33.5. The normalized spacial score (nSPS) is 15.2. The first kappa shape index (κ1) is 18.6. The van der Waals surface area contributed by atoms with Gasteiger partial charge in [-0.1, -0.05) is 6.42 Å². The monoisotopic (exact) mass is 361 g/mol. The molecule has 0 bridgehead atoms. The number of anilines is 1. The van der Waals surface area contributed by atoms with E-state index in [1.807, 2.05) is 13.0 Å². The fourth-order valence-electron chi connectivity index (χ4n) is 3.33. The van der Waals surface area contributed by atoms with Crippen LogP contribution in [0.15, 0.2) is 24.3 Å². The number of piperidine rings is 1. The van der Waals surface area contributed by atoms with Crippen LogP contribution in [0.2, 0.25) is 0 Å². The van der Waals surface area contributed by atoms with Crippen LogP contribution in [0, 0.1) is 18.6 Å². The van der Waals surface area contributed by atoms with Gasteiger partial charge in [0.1, 0.15) is 12.4 Å². The first-order valence-electron chi connectivity index (χ1n) is 9.07. The lowest BCUT2D eigenvalue weighted by Gasteiger charge is -2.26. The first-order chi connectivity index (χ1) is 12.5. The van der Waals surface area contributed by atoms with E-state index in [1.54, 1.807) is 12.1 Å². The van der Waals surface area contributed by atoms with Crippen LogP contribution in [-0.2, 0) is 13.0 Å². The molecule has 1 aliphatic rings. The number of halogens is 2. The summed E-state index contributed by atoms with van der Waals surface area (Å²) >= 11 is 0. The van der Waals surface area contributed by atoms with Crippen LogP contribution >= 0.6 is 0 Å². The van der Waals surface area contributed by atoms with Crippen molar-refractivity contribution in [3.8, 4) is 5.75 Å². The third-order valence-corrected chi connectivity index (χ3v) is 4.64.